The van der Waals surface area contributed by atoms with Gasteiger partial charge in [-0.05, 0) is 18.4 Å². The first-order valence-electron chi connectivity index (χ1n) is 5.52. The number of anilines is 1. The van der Waals surface area contributed by atoms with E-state index in [0.717, 1.165) is 6.42 Å². The predicted molar refractivity (Wildman–Crippen MR) is 67.7 cm³/mol. The molecule has 1 aromatic heterocycles. The van der Waals surface area contributed by atoms with Crippen molar-refractivity contribution in [2.45, 2.75) is 20.3 Å². The molecule has 0 saturated heterocycles. The van der Waals surface area contributed by atoms with Crippen molar-refractivity contribution in [3.63, 3.8) is 0 Å². The highest BCUT2D eigenvalue weighted by atomic mass is 35.5. The van der Waals surface area contributed by atoms with E-state index < -0.39 is 0 Å². The minimum Gasteiger partial charge on any atom is -0.330 e. The summed E-state index contributed by atoms with van der Waals surface area (Å²) in [6.45, 7) is 4.40. The van der Waals surface area contributed by atoms with Gasteiger partial charge in [-0.1, -0.05) is 25.4 Å². The van der Waals surface area contributed by atoms with Crippen LogP contribution in [-0.2, 0) is 4.79 Å². The highest BCUT2D eigenvalue weighted by molar-refractivity contribution is 6.29. The number of aromatic nitrogens is 2. The largest absolute Gasteiger partial charge is 0.330 e. The Morgan fingerprint density at radius 1 is 1.59 bits per heavy atom. The molecule has 1 amide bonds. The topological polar surface area (TPSA) is 80.9 Å². The Bertz CT molecular complexity index is 383. The molecule has 0 aromatic carbocycles. The third-order valence-electron chi connectivity index (χ3n) is 2.27. The highest BCUT2D eigenvalue weighted by Gasteiger charge is 2.19. The Morgan fingerprint density at radius 3 is 2.82 bits per heavy atom. The Morgan fingerprint density at radius 2 is 2.29 bits per heavy atom. The van der Waals surface area contributed by atoms with E-state index in [1.165, 1.54) is 6.20 Å². The summed E-state index contributed by atoms with van der Waals surface area (Å²) in [5.74, 6) is 0.236. The minimum absolute atomic E-state index is 0.163. The van der Waals surface area contributed by atoms with Gasteiger partial charge in [-0.25, -0.2) is 9.97 Å². The van der Waals surface area contributed by atoms with Crippen LogP contribution in [0.3, 0.4) is 0 Å². The molecule has 1 heterocycles. The Hall–Kier alpha value is -1.20. The van der Waals surface area contributed by atoms with Gasteiger partial charge in [0.15, 0.2) is 0 Å². The summed E-state index contributed by atoms with van der Waals surface area (Å²) < 4.78 is 0. The molecular weight excluding hydrogens is 240 g/mol. The summed E-state index contributed by atoms with van der Waals surface area (Å²) >= 11 is 5.70. The second-order valence-electron chi connectivity index (χ2n) is 4.25. The van der Waals surface area contributed by atoms with E-state index in [1.54, 1.807) is 6.07 Å². The average molecular weight is 257 g/mol. The monoisotopic (exact) mass is 256 g/mol. The van der Waals surface area contributed by atoms with E-state index in [2.05, 4.69) is 15.3 Å². The molecule has 17 heavy (non-hydrogen) atoms. The lowest BCUT2D eigenvalue weighted by Crippen LogP contribution is -2.31. The molecule has 0 aliphatic carbocycles. The summed E-state index contributed by atoms with van der Waals surface area (Å²) in [4.78, 5) is 19.7. The predicted octanol–water partition coefficient (Wildman–Crippen LogP) is 1.69. The van der Waals surface area contributed by atoms with Gasteiger partial charge in [0, 0.05) is 12.7 Å². The average Bonchev–Trinajstić information content (AvgIpc) is 2.25. The van der Waals surface area contributed by atoms with Crippen molar-refractivity contribution in [1.82, 2.24) is 9.97 Å². The van der Waals surface area contributed by atoms with Gasteiger partial charge in [0.05, 0.1) is 5.92 Å². The van der Waals surface area contributed by atoms with E-state index in [9.17, 15) is 4.79 Å². The maximum absolute atomic E-state index is 11.9. The molecule has 0 aliphatic heterocycles. The first kappa shape index (κ1) is 13.9. The smallest absolute Gasteiger partial charge is 0.231 e. The number of halogens is 1. The Labute approximate surface area is 106 Å². The fourth-order valence-electron chi connectivity index (χ4n) is 1.49. The summed E-state index contributed by atoms with van der Waals surface area (Å²) in [7, 11) is 0. The van der Waals surface area contributed by atoms with Crippen molar-refractivity contribution in [2.75, 3.05) is 11.9 Å². The first-order valence-corrected chi connectivity index (χ1v) is 5.90. The SMILES string of the molecule is CC(C)CC(CN)C(=O)Nc1nccc(Cl)n1. The number of hydrogen-bond donors (Lipinski definition) is 2. The molecule has 0 fully saturated rings. The lowest BCUT2D eigenvalue weighted by molar-refractivity contribution is -0.120. The van der Waals surface area contributed by atoms with Gasteiger partial charge in [0.2, 0.25) is 11.9 Å². The molecule has 1 atom stereocenters. The molecule has 94 valence electrons. The number of hydrogen-bond acceptors (Lipinski definition) is 4. The number of nitrogens with zero attached hydrogens (tertiary/aromatic N) is 2. The molecule has 5 nitrogen and oxygen atoms in total. The number of nitrogens with two attached hydrogens (primary N) is 1. The lowest BCUT2D eigenvalue weighted by Gasteiger charge is -2.15. The maximum Gasteiger partial charge on any atom is 0.231 e. The van der Waals surface area contributed by atoms with Crippen molar-refractivity contribution in [2.24, 2.45) is 17.6 Å². The Kier molecular flexibility index (Phi) is 5.31. The van der Waals surface area contributed by atoms with Crippen LogP contribution in [0.4, 0.5) is 5.95 Å². The van der Waals surface area contributed by atoms with Crippen molar-refractivity contribution in [3.8, 4) is 0 Å². The van der Waals surface area contributed by atoms with E-state index in [4.69, 9.17) is 17.3 Å². The number of amides is 1. The quantitative estimate of drug-likeness (QED) is 0.786. The van der Waals surface area contributed by atoms with Crippen molar-refractivity contribution in [1.29, 1.82) is 0 Å². The fraction of sp³-hybridized carbons (Fsp3) is 0.545. The molecular formula is C11H17ClN4O. The second kappa shape index (κ2) is 6.51. The van der Waals surface area contributed by atoms with E-state index in [0.29, 0.717) is 17.6 Å². The van der Waals surface area contributed by atoms with Crippen LogP contribution in [0.1, 0.15) is 20.3 Å². The van der Waals surface area contributed by atoms with E-state index in [-0.39, 0.29) is 17.8 Å². The third kappa shape index (κ3) is 4.66. The molecule has 3 N–H and O–H groups in total. The molecule has 0 bridgehead atoms. The second-order valence-corrected chi connectivity index (χ2v) is 4.64. The molecule has 0 aliphatic rings. The van der Waals surface area contributed by atoms with Gasteiger partial charge >= 0.3 is 0 Å². The van der Waals surface area contributed by atoms with Gasteiger partial charge in [-0.2, -0.15) is 0 Å². The fourth-order valence-corrected chi connectivity index (χ4v) is 1.62. The summed E-state index contributed by atoms with van der Waals surface area (Å²) in [6, 6.07) is 1.55. The summed E-state index contributed by atoms with van der Waals surface area (Å²) in [5.41, 5.74) is 5.58. The van der Waals surface area contributed by atoms with Crippen LogP contribution in [0.5, 0.6) is 0 Å². The van der Waals surface area contributed by atoms with Crippen molar-refractivity contribution >= 4 is 23.5 Å². The third-order valence-corrected chi connectivity index (χ3v) is 2.48. The van der Waals surface area contributed by atoms with Crippen LogP contribution >= 0.6 is 11.6 Å². The molecule has 1 unspecified atom stereocenters. The van der Waals surface area contributed by atoms with Gasteiger partial charge in [-0.15, -0.1) is 0 Å². The normalized spacial score (nSPS) is 12.5. The van der Waals surface area contributed by atoms with Gasteiger partial charge in [0.25, 0.3) is 0 Å². The van der Waals surface area contributed by atoms with Crippen LogP contribution in [0.15, 0.2) is 12.3 Å². The minimum atomic E-state index is -0.224. The number of nitrogens with one attached hydrogen (secondary N) is 1. The van der Waals surface area contributed by atoms with Gasteiger partial charge < -0.3 is 5.73 Å². The lowest BCUT2D eigenvalue weighted by atomic mass is 9.96. The number of carbonyl (C=O) groups excluding carboxylic acids is 1. The molecule has 0 radical (unpaired) electrons. The van der Waals surface area contributed by atoms with Gasteiger partial charge in [0.1, 0.15) is 5.15 Å². The van der Waals surface area contributed by atoms with Crippen LogP contribution in [0.2, 0.25) is 5.15 Å². The summed E-state index contributed by atoms with van der Waals surface area (Å²) in [6.07, 6.45) is 2.23. The number of carbonyl (C=O) groups is 1. The highest BCUT2D eigenvalue weighted by Crippen LogP contribution is 2.13. The van der Waals surface area contributed by atoms with Crippen LogP contribution in [0.25, 0.3) is 0 Å². The summed E-state index contributed by atoms with van der Waals surface area (Å²) in [5, 5.41) is 2.91. The standard InChI is InChI=1S/C11H17ClN4O/c1-7(2)5-8(6-13)10(17)16-11-14-4-3-9(12)15-11/h3-4,7-8H,5-6,13H2,1-2H3,(H,14,15,16,17). The number of rotatable bonds is 5. The molecule has 6 heteroatoms. The van der Waals surface area contributed by atoms with Crippen LogP contribution < -0.4 is 11.1 Å². The zero-order valence-electron chi connectivity index (χ0n) is 9.98. The van der Waals surface area contributed by atoms with E-state index >= 15 is 0 Å². The molecule has 1 aromatic rings. The van der Waals surface area contributed by atoms with Crippen LogP contribution in [-0.4, -0.2) is 22.4 Å². The first-order chi connectivity index (χ1) is 8.02. The maximum atomic E-state index is 11.9. The van der Waals surface area contributed by atoms with Crippen molar-refractivity contribution in [3.05, 3.63) is 17.4 Å². The Balaban J connectivity index is 2.64. The van der Waals surface area contributed by atoms with E-state index in [1.807, 2.05) is 13.8 Å². The zero-order chi connectivity index (χ0) is 12.8. The van der Waals surface area contributed by atoms with Crippen LogP contribution in [0, 0.1) is 11.8 Å². The zero-order valence-corrected chi connectivity index (χ0v) is 10.7. The van der Waals surface area contributed by atoms with Gasteiger partial charge in [-0.3, -0.25) is 10.1 Å². The molecule has 1 rings (SSSR count). The van der Waals surface area contributed by atoms with Crippen molar-refractivity contribution < 1.29 is 4.79 Å². The molecule has 0 saturated carbocycles. The molecule has 0 spiro atoms.